The minimum absolute atomic E-state index is 0.566. The summed E-state index contributed by atoms with van der Waals surface area (Å²) >= 11 is 1.58. The predicted octanol–water partition coefficient (Wildman–Crippen LogP) is 2.21. The van der Waals surface area contributed by atoms with Crippen LogP contribution in [0, 0.1) is 0 Å². The monoisotopic (exact) mass is 240 g/mol. The molecular weight excluding hydrogens is 220 g/mol. The molecule has 5 heteroatoms. The van der Waals surface area contributed by atoms with Crippen LogP contribution in [-0.4, -0.2) is 40.3 Å². The highest BCUT2D eigenvalue weighted by Crippen LogP contribution is 2.18. The summed E-state index contributed by atoms with van der Waals surface area (Å²) in [5, 5.41) is 12.3. The zero-order valence-corrected chi connectivity index (χ0v) is 10.8. The van der Waals surface area contributed by atoms with Crippen molar-refractivity contribution in [3.63, 3.8) is 0 Å². The molecule has 1 saturated heterocycles. The number of rotatable bonds is 3. The van der Waals surface area contributed by atoms with Crippen molar-refractivity contribution in [2.45, 2.75) is 45.2 Å². The fraction of sp³-hybridized carbons (Fsp3) is 0.818. The lowest BCUT2D eigenvalue weighted by Crippen LogP contribution is -2.32. The highest BCUT2D eigenvalue weighted by Gasteiger charge is 2.18. The van der Waals surface area contributed by atoms with E-state index in [4.69, 9.17) is 0 Å². The van der Waals surface area contributed by atoms with Crippen LogP contribution < -0.4 is 5.32 Å². The van der Waals surface area contributed by atoms with E-state index in [2.05, 4.69) is 34.3 Å². The molecule has 1 N–H and O–H groups in total. The van der Waals surface area contributed by atoms with Crippen molar-refractivity contribution in [1.82, 2.24) is 15.1 Å². The van der Waals surface area contributed by atoms with E-state index in [1.807, 2.05) is 0 Å². The number of nitrogens with one attached hydrogen (secondary N) is 1. The molecule has 2 heterocycles. The van der Waals surface area contributed by atoms with Gasteiger partial charge in [-0.25, -0.2) is 0 Å². The molecule has 2 rings (SSSR count). The van der Waals surface area contributed by atoms with Crippen LogP contribution in [0.4, 0.5) is 5.13 Å². The molecule has 16 heavy (non-hydrogen) atoms. The molecule has 1 aliphatic heterocycles. The van der Waals surface area contributed by atoms with Gasteiger partial charge in [-0.1, -0.05) is 11.3 Å². The number of anilines is 1. The Bertz CT molecular complexity index is 299. The van der Waals surface area contributed by atoms with Gasteiger partial charge in [0, 0.05) is 18.6 Å². The topological polar surface area (TPSA) is 41.0 Å². The van der Waals surface area contributed by atoms with Gasteiger partial charge in [-0.3, -0.25) is 0 Å². The van der Waals surface area contributed by atoms with E-state index in [9.17, 15) is 0 Å². The fourth-order valence-electron chi connectivity index (χ4n) is 2.19. The highest BCUT2D eigenvalue weighted by atomic mass is 32.1. The molecule has 1 aromatic heterocycles. The third kappa shape index (κ3) is 3.15. The molecule has 1 aliphatic rings. The molecule has 0 aliphatic carbocycles. The number of aromatic nitrogens is 2. The second-order valence-corrected chi connectivity index (χ2v) is 5.48. The maximum atomic E-state index is 4.04. The highest BCUT2D eigenvalue weighted by molar-refractivity contribution is 7.13. The maximum absolute atomic E-state index is 4.04. The van der Waals surface area contributed by atoms with Gasteiger partial charge in [0.05, 0.1) is 0 Å². The van der Waals surface area contributed by atoms with Crippen LogP contribution >= 0.6 is 11.3 Å². The quantitative estimate of drug-likeness (QED) is 0.879. The van der Waals surface area contributed by atoms with Gasteiger partial charge in [-0.05, 0) is 39.7 Å². The summed E-state index contributed by atoms with van der Waals surface area (Å²) in [6.45, 7) is 6.97. The number of hydrogen-bond acceptors (Lipinski definition) is 5. The predicted molar refractivity (Wildman–Crippen MR) is 67.9 cm³/mol. The SMILES string of the molecule is CC(C)N1CCCC(Nc2nncs2)CC1. The van der Waals surface area contributed by atoms with E-state index in [1.54, 1.807) is 16.8 Å². The summed E-state index contributed by atoms with van der Waals surface area (Å²) in [5.41, 5.74) is 1.78. The van der Waals surface area contributed by atoms with Crippen LogP contribution in [0.3, 0.4) is 0 Å². The number of likely N-dealkylation sites (tertiary alicyclic amines) is 1. The average Bonchev–Trinajstić information content (AvgIpc) is 2.63. The minimum Gasteiger partial charge on any atom is -0.357 e. The van der Waals surface area contributed by atoms with E-state index < -0.39 is 0 Å². The summed E-state index contributed by atoms with van der Waals surface area (Å²) in [6.07, 6.45) is 3.72. The van der Waals surface area contributed by atoms with Crippen molar-refractivity contribution in [2.75, 3.05) is 18.4 Å². The smallest absolute Gasteiger partial charge is 0.205 e. The van der Waals surface area contributed by atoms with Crippen LogP contribution in [0.2, 0.25) is 0 Å². The number of nitrogens with zero attached hydrogens (tertiary/aromatic N) is 3. The number of hydrogen-bond donors (Lipinski definition) is 1. The van der Waals surface area contributed by atoms with Crippen molar-refractivity contribution in [1.29, 1.82) is 0 Å². The van der Waals surface area contributed by atoms with Crippen LogP contribution in [0.25, 0.3) is 0 Å². The van der Waals surface area contributed by atoms with E-state index in [-0.39, 0.29) is 0 Å². The van der Waals surface area contributed by atoms with E-state index in [0.717, 1.165) is 5.13 Å². The first-order valence-corrected chi connectivity index (χ1v) is 6.90. The van der Waals surface area contributed by atoms with Crippen LogP contribution in [0.5, 0.6) is 0 Å². The van der Waals surface area contributed by atoms with Gasteiger partial charge >= 0.3 is 0 Å². The van der Waals surface area contributed by atoms with Gasteiger partial charge in [0.25, 0.3) is 0 Å². The van der Waals surface area contributed by atoms with Crippen LogP contribution in [0.1, 0.15) is 33.1 Å². The van der Waals surface area contributed by atoms with E-state index in [1.165, 1.54) is 32.4 Å². The second-order valence-electron chi connectivity index (χ2n) is 4.65. The molecule has 0 aromatic carbocycles. The van der Waals surface area contributed by atoms with E-state index in [0.29, 0.717) is 12.1 Å². The molecule has 0 amide bonds. The lowest BCUT2D eigenvalue weighted by Gasteiger charge is -2.24. The maximum Gasteiger partial charge on any atom is 0.205 e. The lowest BCUT2D eigenvalue weighted by atomic mass is 10.1. The van der Waals surface area contributed by atoms with Gasteiger partial charge in [0.2, 0.25) is 5.13 Å². The third-order valence-electron chi connectivity index (χ3n) is 3.18. The van der Waals surface area contributed by atoms with Gasteiger partial charge in [-0.2, -0.15) is 0 Å². The zero-order chi connectivity index (χ0) is 11.4. The summed E-state index contributed by atoms with van der Waals surface area (Å²) in [5.74, 6) is 0. The van der Waals surface area contributed by atoms with Gasteiger partial charge in [0.15, 0.2) is 0 Å². The Balaban J connectivity index is 1.84. The summed E-state index contributed by atoms with van der Waals surface area (Å²) in [7, 11) is 0. The Hall–Kier alpha value is -0.680. The van der Waals surface area contributed by atoms with Gasteiger partial charge in [0.1, 0.15) is 5.51 Å². The molecular formula is C11H20N4S. The lowest BCUT2D eigenvalue weighted by molar-refractivity contribution is 0.230. The normalized spacial score (nSPS) is 23.3. The molecule has 4 nitrogen and oxygen atoms in total. The summed E-state index contributed by atoms with van der Waals surface area (Å²) < 4.78 is 0. The Morgan fingerprint density at radius 2 is 2.31 bits per heavy atom. The van der Waals surface area contributed by atoms with Crippen molar-refractivity contribution < 1.29 is 0 Å². The Morgan fingerprint density at radius 3 is 3.00 bits per heavy atom. The molecule has 1 unspecified atom stereocenters. The minimum atomic E-state index is 0.566. The second kappa shape index (κ2) is 5.59. The Morgan fingerprint density at radius 1 is 1.44 bits per heavy atom. The average molecular weight is 240 g/mol. The Labute approximate surface area is 101 Å². The van der Waals surface area contributed by atoms with Crippen LogP contribution in [-0.2, 0) is 0 Å². The third-order valence-corrected chi connectivity index (χ3v) is 3.80. The van der Waals surface area contributed by atoms with Crippen molar-refractivity contribution in [3.05, 3.63) is 5.51 Å². The largest absolute Gasteiger partial charge is 0.357 e. The first-order chi connectivity index (χ1) is 7.75. The van der Waals surface area contributed by atoms with Crippen molar-refractivity contribution >= 4 is 16.5 Å². The Kier molecular flexibility index (Phi) is 4.12. The first kappa shape index (κ1) is 11.8. The molecule has 90 valence electrons. The van der Waals surface area contributed by atoms with Gasteiger partial charge < -0.3 is 10.2 Å². The van der Waals surface area contributed by atoms with Crippen LogP contribution in [0.15, 0.2) is 5.51 Å². The van der Waals surface area contributed by atoms with E-state index >= 15 is 0 Å². The fourth-order valence-corrected chi connectivity index (χ4v) is 2.71. The molecule has 1 atom stereocenters. The molecule has 1 aromatic rings. The summed E-state index contributed by atoms with van der Waals surface area (Å²) in [6, 6.07) is 1.23. The molecule has 0 spiro atoms. The van der Waals surface area contributed by atoms with Gasteiger partial charge in [-0.15, -0.1) is 10.2 Å². The van der Waals surface area contributed by atoms with Crippen molar-refractivity contribution in [2.24, 2.45) is 0 Å². The molecule has 0 bridgehead atoms. The van der Waals surface area contributed by atoms with Crippen molar-refractivity contribution in [3.8, 4) is 0 Å². The first-order valence-electron chi connectivity index (χ1n) is 6.02. The zero-order valence-electron chi connectivity index (χ0n) is 10.0. The molecule has 1 fully saturated rings. The molecule has 0 saturated carbocycles. The standard InChI is InChI=1S/C11H20N4S/c1-9(2)15-6-3-4-10(5-7-15)13-11-14-12-8-16-11/h8-10H,3-7H2,1-2H3,(H,13,14). The summed E-state index contributed by atoms with van der Waals surface area (Å²) in [4.78, 5) is 2.56. The molecule has 0 radical (unpaired) electrons.